The molecular formula is C12H15F2NO5S. The van der Waals surface area contributed by atoms with Crippen LogP contribution in [0.15, 0.2) is 16.5 Å². The Kier molecular flexibility index (Phi) is 7.17. The molecule has 1 heterocycles. The van der Waals surface area contributed by atoms with E-state index < -0.39 is 23.7 Å². The maximum Gasteiger partial charge on any atom is 0.326 e. The van der Waals surface area contributed by atoms with Crippen LogP contribution in [0.2, 0.25) is 0 Å². The first kappa shape index (κ1) is 17.4. The number of hydrogen-bond acceptors (Lipinski definition) is 5. The minimum absolute atomic E-state index is 0.0724. The van der Waals surface area contributed by atoms with Gasteiger partial charge >= 0.3 is 5.97 Å². The number of rotatable bonds is 9. The van der Waals surface area contributed by atoms with Crippen LogP contribution >= 0.6 is 11.8 Å². The fourth-order valence-electron chi connectivity index (χ4n) is 1.45. The Labute approximate surface area is 123 Å². The quantitative estimate of drug-likeness (QED) is 0.722. The predicted molar refractivity (Wildman–Crippen MR) is 71.4 cm³/mol. The number of aliphatic carboxylic acids is 1. The van der Waals surface area contributed by atoms with E-state index in [4.69, 9.17) is 14.3 Å². The van der Waals surface area contributed by atoms with Gasteiger partial charge in [0.05, 0.1) is 5.75 Å². The Bertz CT molecular complexity index is 480. The first-order valence-corrected chi connectivity index (χ1v) is 7.00. The van der Waals surface area contributed by atoms with Crippen LogP contribution in [0, 0.1) is 0 Å². The summed E-state index contributed by atoms with van der Waals surface area (Å²) < 4.78 is 33.9. The summed E-state index contributed by atoms with van der Waals surface area (Å²) in [6.07, 6.45) is 0.104. The van der Waals surface area contributed by atoms with Crippen molar-refractivity contribution in [2.45, 2.75) is 24.0 Å². The van der Waals surface area contributed by atoms with Gasteiger partial charge < -0.3 is 19.6 Å². The van der Waals surface area contributed by atoms with Gasteiger partial charge in [-0.1, -0.05) is 11.8 Å². The second-order valence-electron chi connectivity index (χ2n) is 3.98. The van der Waals surface area contributed by atoms with Crippen molar-refractivity contribution in [3.8, 4) is 0 Å². The SMILES string of the molecule is COCCC(NC(=O)c1ccc(CSC(F)F)o1)C(=O)O. The Balaban J connectivity index is 2.59. The first-order valence-electron chi connectivity index (χ1n) is 5.95. The number of ether oxygens (including phenoxy) is 1. The van der Waals surface area contributed by atoms with Gasteiger partial charge in [0.15, 0.2) is 5.76 Å². The lowest BCUT2D eigenvalue weighted by molar-refractivity contribution is -0.139. The molecule has 9 heteroatoms. The van der Waals surface area contributed by atoms with Gasteiger partial charge in [-0.15, -0.1) is 0 Å². The van der Waals surface area contributed by atoms with Crippen molar-refractivity contribution in [3.63, 3.8) is 0 Å². The molecule has 0 bridgehead atoms. The van der Waals surface area contributed by atoms with E-state index in [0.29, 0.717) is 11.8 Å². The zero-order chi connectivity index (χ0) is 15.8. The monoisotopic (exact) mass is 323 g/mol. The summed E-state index contributed by atoms with van der Waals surface area (Å²) >= 11 is 0.370. The number of carboxylic acids is 1. The van der Waals surface area contributed by atoms with Gasteiger partial charge in [0, 0.05) is 20.1 Å². The largest absolute Gasteiger partial charge is 0.480 e. The summed E-state index contributed by atoms with van der Waals surface area (Å²) in [6, 6.07) is 1.60. The maximum atomic E-state index is 12.0. The van der Waals surface area contributed by atoms with Crippen LogP contribution in [0.5, 0.6) is 0 Å². The van der Waals surface area contributed by atoms with Crippen molar-refractivity contribution in [3.05, 3.63) is 23.7 Å². The highest BCUT2D eigenvalue weighted by Gasteiger charge is 2.22. The predicted octanol–water partition coefficient (Wildman–Crippen LogP) is 1.95. The molecule has 0 radical (unpaired) electrons. The van der Waals surface area contributed by atoms with E-state index in [2.05, 4.69) is 5.32 Å². The summed E-state index contributed by atoms with van der Waals surface area (Å²) in [5.74, 6) is -4.42. The lowest BCUT2D eigenvalue weighted by atomic mass is 10.2. The number of furan rings is 1. The number of halogens is 2. The molecule has 0 aliphatic rings. The number of alkyl halides is 2. The number of hydrogen-bond donors (Lipinski definition) is 2. The molecule has 1 aromatic rings. The van der Waals surface area contributed by atoms with Crippen molar-refractivity contribution in [1.29, 1.82) is 0 Å². The average molecular weight is 323 g/mol. The number of thioether (sulfide) groups is 1. The van der Waals surface area contributed by atoms with Gasteiger partial charge in [-0.05, 0) is 12.1 Å². The summed E-state index contributed by atoms with van der Waals surface area (Å²) in [5, 5.41) is 11.2. The van der Waals surface area contributed by atoms with E-state index in [-0.39, 0.29) is 30.3 Å². The Morgan fingerprint density at radius 3 is 2.76 bits per heavy atom. The van der Waals surface area contributed by atoms with E-state index in [1.165, 1.54) is 19.2 Å². The molecule has 1 atom stereocenters. The Morgan fingerprint density at radius 1 is 1.48 bits per heavy atom. The highest BCUT2D eigenvalue weighted by molar-refractivity contribution is 7.98. The zero-order valence-corrected chi connectivity index (χ0v) is 12.0. The molecule has 21 heavy (non-hydrogen) atoms. The standard InChI is InChI=1S/C12H15F2NO5S/c1-19-5-4-8(11(17)18)15-10(16)9-3-2-7(20-9)6-21-12(13)14/h2-3,8,12H,4-6H2,1H3,(H,15,16)(H,17,18). The van der Waals surface area contributed by atoms with Gasteiger partial charge in [-0.3, -0.25) is 4.79 Å². The Hall–Kier alpha value is -1.61. The molecule has 6 nitrogen and oxygen atoms in total. The van der Waals surface area contributed by atoms with Gasteiger partial charge in [0.1, 0.15) is 11.8 Å². The summed E-state index contributed by atoms with van der Waals surface area (Å²) in [6.45, 7) is 0.172. The van der Waals surface area contributed by atoms with Crippen molar-refractivity contribution in [2.75, 3.05) is 13.7 Å². The van der Waals surface area contributed by atoms with Crippen LogP contribution in [0.4, 0.5) is 8.78 Å². The molecule has 1 unspecified atom stereocenters. The molecule has 0 aliphatic heterocycles. The van der Waals surface area contributed by atoms with Crippen LogP contribution in [-0.4, -0.2) is 42.5 Å². The highest BCUT2D eigenvalue weighted by Crippen LogP contribution is 2.21. The molecular weight excluding hydrogens is 308 g/mol. The third-order valence-electron chi connectivity index (χ3n) is 2.45. The molecule has 0 spiro atoms. The number of methoxy groups -OCH3 is 1. The third-order valence-corrected chi connectivity index (χ3v) is 3.15. The van der Waals surface area contributed by atoms with E-state index in [0.717, 1.165) is 0 Å². The molecule has 0 fully saturated rings. The zero-order valence-electron chi connectivity index (χ0n) is 11.2. The molecule has 0 saturated heterocycles. The van der Waals surface area contributed by atoms with Crippen LogP contribution in [0.1, 0.15) is 22.7 Å². The maximum absolute atomic E-state index is 12.0. The number of nitrogens with one attached hydrogen (secondary N) is 1. The molecule has 0 aliphatic carbocycles. The summed E-state index contributed by atoms with van der Waals surface area (Å²) in [7, 11) is 1.42. The third kappa shape index (κ3) is 6.13. The lowest BCUT2D eigenvalue weighted by Crippen LogP contribution is -2.41. The highest BCUT2D eigenvalue weighted by atomic mass is 32.2. The molecule has 2 N–H and O–H groups in total. The minimum atomic E-state index is -2.53. The molecule has 118 valence electrons. The molecule has 1 amide bonds. The Morgan fingerprint density at radius 2 is 2.19 bits per heavy atom. The fraction of sp³-hybridized carbons (Fsp3) is 0.500. The van der Waals surface area contributed by atoms with Gasteiger partial charge in [0.25, 0.3) is 11.7 Å². The smallest absolute Gasteiger partial charge is 0.326 e. The number of carboxylic acid groups (broad SMARTS) is 1. The second kappa shape index (κ2) is 8.63. The van der Waals surface area contributed by atoms with Crippen LogP contribution in [0.3, 0.4) is 0 Å². The number of amides is 1. The molecule has 1 aromatic heterocycles. The number of carbonyl (C=O) groups excluding carboxylic acids is 1. The first-order chi connectivity index (χ1) is 9.93. The lowest BCUT2D eigenvalue weighted by Gasteiger charge is -2.12. The minimum Gasteiger partial charge on any atom is -0.480 e. The van der Waals surface area contributed by atoms with Crippen LogP contribution in [-0.2, 0) is 15.3 Å². The van der Waals surface area contributed by atoms with Gasteiger partial charge in [0.2, 0.25) is 0 Å². The van der Waals surface area contributed by atoms with E-state index in [1.807, 2.05) is 0 Å². The van der Waals surface area contributed by atoms with Crippen LogP contribution < -0.4 is 5.32 Å². The van der Waals surface area contributed by atoms with Crippen molar-refractivity contribution in [1.82, 2.24) is 5.32 Å². The topological polar surface area (TPSA) is 88.8 Å². The average Bonchev–Trinajstić information content (AvgIpc) is 2.89. The van der Waals surface area contributed by atoms with Gasteiger partial charge in [-0.2, -0.15) is 8.78 Å². The van der Waals surface area contributed by atoms with Crippen molar-refractivity contribution in [2.24, 2.45) is 0 Å². The van der Waals surface area contributed by atoms with E-state index in [9.17, 15) is 18.4 Å². The number of carbonyl (C=O) groups is 2. The normalized spacial score (nSPS) is 12.4. The molecule has 0 aromatic carbocycles. The van der Waals surface area contributed by atoms with E-state index in [1.54, 1.807) is 0 Å². The van der Waals surface area contributed by atoms with E-state index >= 15 is 0 Å². The van der Waals surface area contributed by atoms with Crippen LogP contribution in [0.25, 0.3) is 0 Å². The van der Waals surface area contributed by atoms with Gasteiger partial charge in [-0.25, -0.2) is 4.79 Å². The fourth-order valence-corrected chi connectivity index (χ4v) is 1.89. The summed E-state index contributed by atoms with van der Waals surface area (Å²) in [5.41, 5.74) is 0. The molecule has 0 saturated carbocycles. The molecule has 1 rings (SSSR count). The van der Waals surface area contributed by atoms with Crippen molar-refractivity contribution < 1.29 is 32.6 Å². The second-order valence-corrected chi connectivity index (χ2v) is 4.96. The van der Waals surface area contributed by atoms with Crippen molar-refractivity contribution >= 4 is 23.6 Å². The summed E-state index contributed by atoms with van der Waals surface area (Å²) in [4.78, 5) is 22.8.